The molecule has 0 aliphatic rings. The lowest BCUT2D eigenvalue weighted by molar-refractivity contribution is 0.622. The standard InChI is InChI=1S/C10H17N3/c1-4-9(3)13(5-2)10-6-7-11-8-12-10/h6-9H,4-5H2,1-3H3. The molecule has 0 saturated carbocycles. The fraction of sp³-hybridized carbons (Fsp3) is 0.600. The van der Waals surface area contributed by atoms with E-state index in [1.165, 1.54) is 0 Å². The molecule has 0 aliphatic heterocycles. The summed E-state index contributed by atoms with van der Waals surface area (Å²) in [5.74, 6) is 1.02. The van der Waals surface area contributed by atoms with E-state index < -0.39 is 0 Å². The van der Waals surface area contributed by atoms with Crippen molar-refractivity contribution in [2.45, 2.75) is 33.2 Å². The van der Waals surface area contributed by atoms with Gasteiger partial charge in [0.15, 0.2) is 0 Å². The van der Waals surface area contributed by atoms with Crippen molar-refractivity contribution in [2.24, 2.45) is 0 Å². The average molecular weight is 179 g/mol. The topological polar surface area (TPSA) is 29.0 Å². The van der Waals surface area contributed by atoms with Gasteiger partial charge in [0, 0.05) is 18.8 Å². The van der Waals surface area contributed by atoms with Crippen molar-refractivity contribution in [3.8, 4) is 0 Å². The molecule has 0 aliphatic carbocycles. The second kappa shape index (κ2) is 4.80. The summed E-state index contributed by atoms with van der Waals surface area (Å²) in [5.41, 5.74) is 0. The summed E-state index contributed by atoms with van der Waals surface area (Å²) in [6, 6.07) is 2.50. The first-order valence-electron chi connectivity index (χ1n) is 4.82. The van der Waals surface area contributed by atoms with Crippen LogP contribution in [0.1, 0.15) is 27.2 Å². The van der Waals surface area contributed by atoms with Crippen molar-refractivity contribution in [1.29, 1.82) is 0 Å². The molecule has 0 spiro atoms. The highest BCUT2D eigenvalue weighted by molar-refractivity contribution is 5.37. The maximum Gasteiger partial charge on any atom is 0.132 e. The first-order chi connectivity index (χ1) is 6.29. The van der Waals surface area contributed by atoms with Crippen LogP contribution >= 0.6 is 0 Å². The van der Waals surface area contributed by atoms with Gasteiger partial charge < -0.3 is 4.90 Å². The van der Waals surface area contributed by atoms with Gasteiger partial charge >= 0.3 is 0 Å². The Morgan fingerprint density at radius 2 is 2.23 bits per heavy atom. The molecule has 0 aromatic carbocycles. The van der Waals surface area contributed by atoms with Crippen LogP contribution in [0.5, 0.6) is 0 Å². The number of hydrogen-bond donors (Lipinski definition) is 0. The fourth-order valence-electron chi connectivity index (χ4n) is 1.37. The van der Waals surface area contributed by atoms with Gasteiger partial charge in [0.25, 0.3) is 0 Å². The highest BCUT2D eigenvalue weighted by Crippen LogP contribution is 2.13. The number of nitrogens with zero attached hydrogens (tertiary/aromatic N) is 3. The first-order valence-corrected chi connectivity index (χ1v) is 4.82. The monoisotopic (exact) mass is 179 g/mol. The van der Waals surface area contributed by atoms with E-state index in [4.69, 9.17) is 0 Å². The summed E-state index contributed by atoms with van der Waals surface area (Å²) in [5, 5.41) is 0. The molecular weight excluding hydrogens is 162 g/mol. The Morgan fingerprint density at radius 3 is 2.69 bits per heavy atom. The van der Waals surface area contributed by atoms with E-state index in [0.29, 0.717) is 6.04 Å². The van der Waals surface area contributed by atoms with Crippen molar-refractivity contribution in [3.63, 3.8) is 0 Å². The van der Waals surface area contributed by atoms with Crippen molar-refractivity contribution < 1.29 is 0 Å². The highest BCUT2D eigenvalue weighted by Gasteiger charge is 2.10. The zero-order valence-corrected chi connectivity index (χ0v) is 8.57. The lowest BCUT2D eigenvalue weighted by Gasteiger charge is -2.27. The third-order valence-corrected chi connectivity index (χ3v) is 2.32. The predicted molar refractivity (Wildman–Crippen MR) is 54.8 cm³/mol. The quantitative estimate of drug-likeness (QED) is 0.708. The molecule has 1 heterocycles. The molecular formula is C10H17N3. The predicted octanol–water partition coefficient (Wildman–Crippen LogP) is 2.10. The second-order valence-corrected chi connectivity index (χ2v) is 3.11. The van der Waals surface area contributed by atoms with Gasteiger partial charge in [-0.15, -0.1) is 0 Å². The molecule has 0 fully saturated rings. The molecule has 3 heteroatoms. The summed E-state index contributed by atoms with van der Waals surface area (Å²) < 4.78 is 0. The normalized spacial score (nSPS) is 12.5. The SMILES string of the molecule is CCC(C)N(CC)c1ccncn1. The summed E-state index contributed by atoms with van der Waals surface area (Å²) in [6.45, 7) is 7.54. The van der Waals surface area contributed by atoms with E-state index in [-0.39, 0.29) is 0 Å². The molecule has 0 saturated heterocycles. The summed E-state index contributed by atoms with van der Waals surface area (Å²) in [7, 11) is 0. The van der Waals surface area contributed by atoms with E-state index in [1.54, 1.807) is 12.5 Å². The second-order valence-electron chi connectivity index (χ2n) is 3.11. The van der Waals surface area contributed by atoms with E-state index in [9.17, 15) is 0 Å². The molecule has 0 bridgehead atoms. The van der Waals surface area contributed by atoms with Gasteiger partial charge in [-0.2, -0.15) is 0 Å². The summed E-state index contributed by atoms with van der Waals surface area (Å²) in [6.07, 6.45) is 4.52. The minimum atomic E-state index is 0.542. The number of anilines is 1. The maximum atomic E-state index is 4.23. The third-order valence-electron chi connectivity index (χ3n) is 2.32. The van der Waals surface area contributed by atoms with Crippen LogP contribution in [0, 0.1) is 0 Å². The zero-order chi connectivity index (χ0) is 9.68. The van der Waals surface area contributed by atoms with Gasteiger partial charge in [-0.1, -0.05) is 6.92 Å². The Balaban J connectivity index is 2.78. The van der Waals surface area contributed by atoms with Crippen LogP contribution < -0.4 is 4.90 Å². The van der Waals surface area contributed by atoms with Crippen LogP contribution in [0.3, 0.4) is 0 Å². The molecule has 1 aromatic rings. The minimum Gasteiger partial charge on any atom is -0.354 e. The van der Waals surface area contributed by atoms with Gasteiger partial charge in [-0.05, 0) is 26.3 Å². The average Bonchev–Trinajstić information content (AvgIpc) is 2.20. The Hall–Kier alpha value is -1.12. The molecule has 0 N–H and O–H groups in total. The molecule has 1 atom stereocenters. The molecule has 0 amide bonds. The van der Waals surface area contributed by atoms with Crippen LogP contribution in [0.2, 0.25) is 0 Å². The first kappa shape index (κ1) is 9.96. The molecule has 72 valence electrons. The largest absolute Gasteiger partial charge is 0.354 e. The van der Waals surface area contributed by atoms with Gasteiger partial charge in [0.05, 0.1) is 0 Å². The van der Waals surface area contributed by atoms with Gasteiger partial charge in [0.1, 0.15) is 12.1 Å². The molecule has 0 radical (unpaired) electrons. The van der Waals surface area contributed by atoms with Crippen molar-refractivity contribution in [1.82, 2.24) is 9.97 Å². The van der Waals surface area contributed by atoms with Gasteiger partial charge in [-0.3, -0.25) is 0 Å². The van der Waals surface area contributed by atoms with Crippen molar-refractivity contribution in [2.75, 3.05) is 11.4 Å². The lowest BCUT2D eigenvalue weighted by Crippen LogP contribution is -2.32. The lowest BCUT2D eigenvalue weighted by atomic mass is 10.2. The number of aromatic nitrogens is 2. The van der Waals surface area contributed by atoms with E-state index >= 15 is 0 Å². The number of hydrogen-bond acceptors (Lipinski definition) is 3. The Labute approximate surface area is 79.8 Å². The van der Waals surface area contributed by atoms with E-state index in [1.807, 2.05) is 6.07 Å². The molecule has 13 heavy (non-hydrogen) atoms. The Bertz CT molecular complexity index is 235. The third kappa shape index (κ3) is 2.41. The zero-order valence-electron chi connectivity index (χ0n) is 8.57. The highest BCUT2D eigenvalue weighted by atomic mass is 15.2. The van der Waals surface area contributed by atoms with Crippen molar-refractivity contribution in [3.05, 3.63) is 18.6 Å². The van der Waals surface area contributed by atoms with E-state index in [2.05, 4.69) is 35.6 Å². The Kier molecular flexibility index (Phi) is 3.68. The minimum absolute atomic E-state index is 0.542. The molecule has 1 unspecified atom stereocenters. The molecule has 1 aromatic heterocycles. The van der Waals surface area contributed by atoms with Crippen molar-refractivity contribution >= 4 is 5.82 Å². The molecule has 3 nitrogen and oxygen atoms in total. The van der Waals surface area contributed by atoms with Gasteiger partial charge in [0.2, 0.25) is 0 Å². The summed E-state index contributed by atoms with van der Waals surface area (Å²) >= 11 is 0. The summed E-state index contributed by atoms with van der Waals surface area (Å²) in [4.78, 5) is 10.4. The number of rotatable bonds is 4. The smallest absolute Gasteiger partial charge is 0.132 e. The van der Waals surface area contributed by atoms with Crippen LogP contribution in [0.25, 0.3) is 0 Å². The van der Waals surface area contributed by atoms with Crippen LogP contribution in [-0.2, 0) is 0 Å². The Morgan fingerprint density at radius 1 is 1.46 bits per heavy atom. The molecule has 1 rings (SSSR count). The van der Waals surface area contributed by atoms with Gasteiger partial charge in [-0.25, -0.2) is 9.97 Å². The maximum absolute atomic E-state index is 4.23. The van der Waals surface area contributed by atoms with Crippen LogP contribution in [0.15, 0.2) is 18.6 Å². The van der Waals surface area contributed by atoms with E-state index in [0.717, 1.165) is 18.8 Å². The van der Waals surface area contributed by atoms with Crippen LogP contribution in [0.4, 0.5) is 5.82 Å². The fourth-order valence-corrected chi connectivity index (χ4v) is 1.37. The van der Waals surface area contributed by atoms with Crippen LogP contribution in [-0.4, -0.2) is 22.6 Å².